The molecule has 10 heteroatoms. The van der Waals surface area contributed by atoms with Gasteiger partial charge in [0.25, 0.3) is 0 Å². The van der Waals surface area contributed by atoms with Crippen molar-refractivity contribution >= 4 is 40.0 Å². The topological polar surface area (TPSA) is 94.0 Å². The molecule has 0 aliphatic heterocycles. The molecule has 0 fully saturated rings. The van der Waals surface area contributed by atoms with Crippen LogP contribution in [0.2, 0.25) is 0 Å². The van der Waals surface area contributed by atoms with Gasteiger partial charge in [0.15, 0.2) is 4.34 Å². The van der Waals surface area contributed by atoms with E-state index in [2.05, 4.69) is 25.9 Å². The van der Waals surface area contributed by atoms with Crippen LogP contribution < -0.4 is 10.6 Å². The maximum Gasteiger partial charge on any atom is 0.235 e. The zero-order chi connectivity index (χ0) is 19.1. The molecule has 27 heavy (non-hydrogen) atoms. The first-order valence-electron chi connectivity index (χ1n) is 8.27. The number of hydrogen-bond acceptors (Lipinski definition) is 8. The molecule has 0 spiro atoms. The van der Waals surface area contributed by atoms with Crippen molar-refractivity contribution in [1.29, 1.82) is 0 Å². The van der Waals surface area contributed by atoms with E-state index in [1.54, 1.807) is 11.8 Å². The summed E-state index contributed by atoms with van der Waals surface area (Å²) in [4.78, 5) is 12.3. The zero-order valence-electron chi connectivity index (χ0n) is 15.0. The molecule has 1 amide bonds. The van der Waals surface area contributed by atoms with Gasteiger partial charge in [-0.3, -0.25) is 4.79 Å². The molecule has 0 saturated carbocycles. The smallest absolute Gasteiger partial charge is 0.235 e. The number of anilines is 2. The number of carbonyl (C=O) groups is 1. The standard InChI is InChI=1S/C17H20N6O2S2/c1-12-10-14(23(22-12)13-6-4-3-5-7-13)19-15(24)11-26-17-21-20-16(27-17)18-8-9-25-2/h3-7,10H,8-9,11H2,1-2H3,(H,18,20)(H,19,24). The number of rotatable bonds is 9. The minimum Gasteiger partial charge on any atom is -0.383 e. The highest BCUT2D eigenvalue weighted by Gasteiger charge is 2.12. The molecule has 1 aromatic carbocycles. The number of thioether (sulfide) groups is 1. The first kappa shape index (κ1) is 19.3. The number of benzene rings is 1. The van der Waals surface area contributed by atoms with Gasteiger partial charge in [-0.1, -0.05) is 41.3 Å². The lowest BCUT2D eigenvalue weighted by molar-refractivity contribution is -0.113. The summed E-state index contributed by atoms with van der Waals surface area (Å²) in [5.74, 6) is 0.760. The first-order chi connectivity index (χ1) is 13.2. The molecule has 0 aliphatic carbocycles. The third-order valence-corrected chi connectivity index (χ3v) is 5.43. The first-order valence-corrected chi connectivity index (χ1v) is 10.1. The van der Waals surface area contributed by atoms with E-state index >= 15 is 0 Å². The van der Waals surface area contributed by atoms with E-state index in [1.807, 2.05) is 43.3 Å². The monoisotopic (exact) mass is 404 g/mol. The Balaban J connectivity index is 1.56. The zero-order valence-corrected chi connectivity index (χ0v) is 16.6. The average Bonchev–Trinajstić information content (AvgIpc) is 3.27. The van der Waals surface area contributed by atoms with E-state index in [1.165, 1.54) is 23.1 Å². The van der Waals surface area contributed by atoms with Crippen molar-refractivity contribution in [3.05, 3.63) is 42.1 Å². The van der Waals surface area contributed by atoms with Crippen molar-refractivity contribution in [2.75, 3.05) is 36.6 Å². The maximum atomic E-state index is 12.3. The minimum absolute atomic E-state index is 0.124. The van der Waals surface area contributed by atoms with E-state index in [-0.39, 0.29) is 11.7 Å². The number of ether oxygens (including phenoxy) is 1. The maximum absolute atomic E-state index is 12.3. The SMILES string of the molecule is COCCNc1nnc(SCC(=O)Nc2cc(C)nn2-c2ccccc2)s1. The fourth-order valence-corrected chi connectivity index (χ4v) is 3.84. The summed E-state index contributed by atoms with van der Waals surface area (Å²) in [5, 5.41) is 19.3. The van der Waals surface area contributed by atoms with Gasteiger partial charge in [0.2, 0.25) is 11.0 Å². The molecule has 0 unspecified atom stereocenters. The van der Waals surface area contributed by atoms with Gasteiger partial charge in [-0.25, -0.2) is 4.68 Å². The van der Waals surface area contributed by atoms with Crippen LogP contribution in [0.25, 0.3) is 5.69 Å². The second-order valence-electron chi connectivity index (χ2n) is 5.55. The van der Waals surface area contributed by atoms with Crippen LogP contribution in [-0.4, -0.2) is 51.9 Å². The summed E-state index contributed by atoms with van der Waals surface area (Å²) < 4.78 is 7.43. The Labute approximate surface area is 165 Å². The highest BCUT2D eigenvalue weighted by Crippen LogP contribution is 2.25. The van der Waals surface area contributed by atoms with Gasteiger partial charge in [-0.2, -0.15) is 5.10 Å². The molecular weight excluding hydrogens is 384 g/mol. The Morgan fingerprint density at radius 3 is 2.89 bits per heavy atom. The van der Waals surface area contributed by atoms with Crippen molar-refractivity contribution < 1.29 is 9.53 Å². The summed E-state index contributed by atoms with van der Waals surface area (Å²) in [5.41, 5.74) is 1.72. The molecule has 0 aliphatic rings. The molecule has 0 bridgehead atoms. The lowest BCUT2D eigenvalue weighted by Crippen LogP contribution is -2.16. The lowest BCUT2D eigenvalue weighted by Gasteiger charge is -2.08. The van der Waals surface area contributed by atoms with E-state index in [9.17, 15) is 4.79 Å². The number of hydrogen-bond donors (Lipinski definition) is 2. The number of aromatic nitrogens is 4. The third kappa shape index (κ3) is 5.52. The molecule has 8 nitrogen and oxygen atoms in total. The van der Waals surface area contributed by atoms with E-state index < -0.39 is 0 Å². The summed E-state index contributed by atoms with van der Waals surface area (Å²) in [6, 6.07) is 11.5. The van der Waals surface area contributed by atoms with Gasteiger partial charge in [0.05, 0.1) is 23.7 Å². The number of nitrogens with zero attached hydrogens (tertiary/aromatic N) is 4. The summed E-state index contributed by atoms with van der Waals surface area (Å²) in [7, 11) is 1.65. The van der Waals surface area contributed by atoms with Crippen LogP contribution in [0, 0.1) is 6.92 Å². The largest absolute Gasteiger partial charge is 0.383 e. The van der Waals surface area contributed by atoms with Gasteiger partial charge in [-0.15, -0.1) is 10.2 Å². The predicted octanol–water partition coefficient (Wildman–Crippen LogP) is 2.82. The predicted molar refractivity (Wildman–Crippen MR) is 108 cm³/mol. The van der Waals surface area contributed by atoms with Crippen molar-refractivity contribution in [3.8, 4) is 5.69 Å². The van der Waals surface area contributed by atoms with E-state index in [4.69, 9.17) is 4.74 Å². The molecule has 3 rings (SSSR count). The van der Waals surface area contributed by atoms with Gasteiger partial charge in [0.1, 0.15) is 5.82 Å². The Hall–Kier alpha value is -2.43. The van der Waals surface area contributed by atoms with Crippen molar-refractivity contribution in [1.82, 2.24) is 20.0 Å². The number of methoxy groups -OCH3 is 1. The van der Waals surface area contributed by atoms with Crippen molar-refractivity contribution in [3.63, 3.8) is 0 Å². The summed E-state index contributed by atoms with van der Waals surface area (Å²) in [6.45, 7) is 3.15. The van der Waals surface area contributed by atoms with Gasteiger partial charge < -0.3 is 15.4 Å². The Kier molecular flexibility index (Phi) is 6.80. The average molecular weight is 405 g/mol. The van der Waals surface area contributed by atoms with Gasteiger partial charge in [-0.05, 0) is 19.1 Å². The fourth-order valence-electron chi connectivity index (χ4n) is 2.26. The second-order valence-corrected chi connectivity index (χ2v) is 7.75. The molecule has 0 saturated heterocycles. The number of amides is 1. The highest BCUT2D eigenvalue weighted by atomic mass is 32.2. The quantitative estimate of drug-likeness (QED) is 0.418. The molecule has 2 N–H and O–H groups in total. The van der Waals surface area contributed by atoms with Crippen LogP contribution in [0.15, 0.2) is 40.7 Å². The Bertz CT molecular complexity index is 881. The third-order valence-electron chi connectivity index (χ3n) is 3.42. The number of carbonyl (C=O) groups excluding carboxylic acids is 1. The second kappa shape index (κ2) is 9.49. The molecule has 2 aromatic heterocycles. The van der Waals surface area contributed by atoms with Crippen LogP contribution in [0.3, 0.4) is 0 Å². The van der Waals surface area contributed by atoms with Gasteiger partial charge in [0, 0.05) is 19.7 Å². The van der Waals surface area contributed by atoms with Crippen molar-refractivity contribution in [2.24, 2.45) is 0 Å². The summed E-state index contributed by atoms with van der Waals surface area (Å²) in [6.07, 6.45) is 0. The van der Waals surface area contributed by atoms with Gasteiger partial charge >= 0.3 is 0 Å². The van der Waals surface area contributed by atoms with Crippen LogP contribution in [0.4, 0.5) is 10.9 Å². The molecule has 0 radical (unpaired) electrons. The van der Waals surface area contributed by atoms with E-state index in [0.29, 0.717) is 24.1 Å². The molecule has 2 heterocycles. The molecule has 0 atom stereocenters. The molecule has 142 valence electrons. The Morgan fingerprint density at radius 2 is 2.11 bits per heavy atom. The van der Waals surface area contributed by atoms with Crippen LogP contribution >= 0.6 is 23.1 Å². The summed E-state index contributed by atoms with van der Waals surface area (Å²) >= 11 is 2.76. The Morgan fingerprint density at radius 1 is 1.30 bits per heavy atom. The van der Waals surface area contributed by atoms with Crippen molar-refractivity contribution in [2.45, 2.75) is 11.3 Å². The number of para-hydroxylation sites is 1. The van der Waals surface area contributed by atoms with E-state index in [0.717, 1.165) is 15.7 Å². The molecular formula is C17H20N6O2S2. The minimum atomic E-state index is -0.124. The fraction of sp³-hybridized carbons (Fsp3) is 0.294. The van der Waals surface area contributed by atoms with Crippen LogP contribution in [0.5, 0.6) is 0 Å². The van der Waals surface area contributed by atoms with Crippen LogP contribution in [-0.2, 0) is 9.53 Å². The highest BCUT2D eigenvalue weighted by molar-refractivity contribution is 8.01. The van der Waals surface area contributed by atoms with Crippen LogP contribution in [0.1, 0.15) is 5.69 Å². The normalized spacial score (nSPS) is 10.7. The lowest BCUT2D eigenvalue weighted by atomic mass is 10.3. The number of aryl methyl sites for hydroxylation is 1. The number of nitrogens with one attached hydrogen (secondary N) is 2. The molecule has 3 aromatic rings.